The zero-order valence-electron chi connectivity index (χ0n) is 13.9. The molecule has 0 unspecified atom stereocenters. The molecule has 24 heavy (non-hydrogen) atoms. The second-order valence-corrected chi connectivity index (χ2v) is 5.23. The molecule has 0 spiro atoms. The Balaban J connectivity index is 1.80. The quantitative estimate of drug-likeness (QED) is 0.641. The minimum atomic E-state index is -0.424. The molecule has 126 valence electrons. The monoisotopic (exact) mass is 328 g/mol. The van der Waals surface area contributed by atoms with Crippen molar-refractivity contribution < 1.29 is 14.3 Å². The summed E-state index contributed by atoms with van der Waals surface area (Å²) in [7, 11) is 1.59. The SMILES string of the molecule is COc1ccc(/C=C/C(=O)NNC(=O)Cn2nc(C)cc2C)cc1. The van der Waals surface area contributed by atoms with Crippen LogP contribution in [0.5, 0.6) is 5.75 Å². The highest BCUT2D eigenvalue weighted by Crippen LogP contribution is 2.12. The van der Waals surface area contributed by atoms with Gasteiger partial charge in [0.25, 0.3) is 11.8 Å². The number of rotatable bonds is 5. The van der Waals surface area contributed by atoms with Crippen LogP contribution in [0.4, 0.5) is 0 Å². The molecule has 0 radical (unpaired) electrons. The Labute approximate surface area is 140 Å². The van der Waals surface area contributed by atoms with E-state index in [0.717, 1.165) is 22.7 Å². The lowest BCUT2D eigenvalue weighted by atomic mass is 10.2. The fraction of sp³-hybridized carbons (Fsp3) is 0.235. The number of carbonyl (C=O) groups excluding carboxylic acids is 2. The summed E-state index contributed by atoms with van der Waals surface area (Å²) in [5.41, 5.74) is 7.25. The van der Waals surface area contributed by atoms with Gasteiger partial charge in [-0.1, -0.05) is 12.1 Å². The number of nitrogens with zero attached hydrogens (tertiary/aromatic N) is 2. The number of carbonyl (C=O) groups is 2. The van der Waals surface area contributed by atoms with Crippen LogP contribution in [-0.2, 0) is 16.1 Å². The molecule has 1 aromatic heterocycles. The van der Waals surface area contributed by atoms with Crippen molar-refractivity contribution in [2.24, 2.45) is 0 Å². The van der Waals surface area contributed by atoms with E-state index in [9.17, 15) is 9.59 Å². The second-order valence-electron chi connectivity index (χ2n) is 5.23. The van der Waals surface area contributed by atoms with Crippen molar-refractivity contribution in [2.45, 2.75) is 20.4 Å². The molecule has 2 aromatic rings. The zero-order valence-corrected chi connectivity index (χ0v) is 13.9. The van der Waals surface area contributed by atoms with E-state index in [1.54, 1.807) is 30.0 Å². The van der Waals surface area contributed by atoms with Gasteiger partial charge in [0.15, 0.2) is 0 Å². The van der Waals surface area contributed by atoms with Gasteiger partial charge in [0.05, 0.1) is 12.8 Å². The number of amides is 2. The summed E-state index contributed by atoms with van der Waals surface area (Å²) in [5.74, 6) is -0.0343. The molecular formula is C17H20N4O3. The number of methoxy groups -OCH3 is 1. The normalized spacial score (nSPS) is 10.6. The number of aryl methyl sites for hydroxylation is 2. The maximum atomic E-state index is 11.8. The topological polar surface area (TPSA) is 85.3 Å². The summed E-state index contributed by atoms with van der Waals surface area (Å²) in [4.78, 5) is 23.5. The van der Waals surface area contributed by atoms with Crippen molar-refractivity contribution in [1.29, 1.82) is 0 Å². The van der Waals surface area contributed by atoms with Crippen molar-refractivity contribution in [1.82, 2.24) is 20.6 Å². The van der Waals surface area contributed by atoms with Gasteiger partial charge >= 0.3 is 0 Å². The Hall–Kier alpha value is -3.09. The number of hydrazine groups is 1. The minimum absolute atomic E-state index is 0.0438. The molecule has 0 atom stereocenters. The molecular weight excluding hydrogens is 308 g/mol. The molecule has 0 saturated carbocycles. The molecule has 1 aromatic carbocycles. The molecule has 2 N–H and O–H groups in total. The summed E-state index contributed by atoms with van der Waals surface area (Å²) in [6, 6.07) is 9.12. The third kappa shape index (κ3) is 4.98. The molecule has 7 heteroatoms. The Morgan fingerprint density at radius 3 is 2.50 bits per heavy atom. The van der Waals surface area contributed by atoms with E-state index in [-0.39, 0.29) is 12.5 Å². The van der Waals surface area contributed by atoms with Gasteiger partial charge in [0.1, 0.15) is 12.3 Å². The standard InChI is InChI=1S/C17H20N4O3/c1-12-10-13(2)21(20-12)11-17(23)19-18-16(22)9-6-14-4-7-15(24-3)8-5-14/h4-10H,11H2,1-3H3,(H,18,22)(H,19,23)/b9-6+. The van der Waals surface area contributed by atoms with Gasteiger partial charge in [0.2, 0.25) is 0 Å². The second kappa shape index (κ2) is 7.96. The molecule has 7 nitrogen and oxygen atoms in total. The van der Waals surface area contributed by atoms with Crippen molar-refractivity contribution in [3.8, 4) is 5.75 Å². The third-order valence-electron chi connectivity index (χ3n) is 3.26. The summed E-state index contributed by atoms with van der Waals surface area (Å²) >= 11 is 0. The van der Waals surface area contributed by atoms with Gasteiger partial charge in [-0.15, -0.1) is 0 Å². The highest BCUT2D eigenvalue weighted by molar-refractivity contribution is 5.93. The Bertz CT molecular complexity index is 748. The minimum Gasteiger partial charge on any atom is -0.497 e. The van der Waals surface area contributed by atoms with Gasteiger partial charge in [0, 0.05) is 11.8 Å². The van der Waals surface area contributed by atoms with Crippen molar-refractivity contribution >= 4 is 17.9 Å². The maximum absolute atomic E-state index is 11.8. The van der Waals surface area contributed by atoms with Crippen LogP contribution in [0.25, 0.3) is 6.08 Å². The maximum Gasteiger partial charge on any atom is 0.262 e. The fourth-order valence-corrected chi connectivity index (χ4v) is 2.07. The number of nitrogens with one attached hydrogen (secondary N) is 2. The van der Waals surface area contributed by atoms with E-state index in [2.05, 4.69) is 16.0 Å². The van der Waals surface area contributed by atoms with Crippen LogP contribution in [0.3, 0.4) is 0 Å². The van der Waals surface area contributed by atoms with Crippen molar-refractivity contribution in [3.63, 3.8) is 0 Å². The summed E-state index contributed by atoms with van der Waals surface area (Å²) in [6.45, 7) is 3.76. The summed E-state index contributed by atoms with van der Waals surface area (Å²) in [5, 5.41) is 4.19. The predicted octanol–water partition coefficient (Wildman–Crippen LogP) is 1.37. The molecule has 2 rings (SSSR count). The number of hydrogen-bond donors (Lipinski definition) is 2. The molecule has 0 bridgehead atoms. The lowest BCUT2D eigenvalue weighted by molar-refractivity contribution is -0.127. The van der Waals surface area contributed by atoms with Crippen LogP contribution in [0.2, 0.25) is 0 Å². The fourth-order valence-electron chi connectivity index (χ4n) is 2.07. The van der Waals surface area contributed by atoms with E-state index in [1.165, 1.54) is 6.08 Å². The van der Waals surface area contributed by atoms with Crippen LogP contribution in [0.1, 0.15) is 17.0 Å². The zero-order chi connectivity index (χ0) is 17.5. The van der Waals surface area contributed by atoms with Crippen LogP contribution in [0.15, 0.2) is 36.4 Å². The first-order chi connectivity index (χ1) is 11.5. The van der Waals surface area contributed by atoms with Gasteiger partial charge < -0.3 is 4.74 Å². The van der Waals surface area contributed by atoms with Gasteiger partial charge in [-0.05, 0) is 43.7 Å². The highest BCUT2D eigenvalue weighted by Gasteiger charge is 2.07. The van der Waals surface area contributed by atoms with Crippen LogP contribution < -0.4 is 15.6 Å². The first kappa shape index (κ1) is 17.3. The molecule has 2 amide bonds. The predicted molar refractivity (Wildman–Crippen MR) is 90.0 cm³/mol. The Morgan fingerprint density at radius 1 is 1.21 bits per heavy atom. The van der Waals surface area contributed by atoms with E-state index < -0.39 is 5.91 Å². The Kier molecular flexibility index (Phi) is 5.73. The van der Waals surface area contributed by atoms with Crippen molar-refractivity contribution in [3.05, 3.63) is 53.4 Å². The van der Waals surface area contributed by atoms with E-state index >= 15 is 0 Å². The smallest absolute Gasteiger partial charge is 0.262 e. The third-order valence-corrected chi connectivity index (χ3v) is 3.26. The lowest BCUT2D eigenvalue weighted by Crippen LogP contribution is -2.42. The number of hydrogen-bond acceptors (Lipinski definition) is 4. The van der Waals surface area contributed by atoms with Gasteiger partial charge in [-0.25, -0.2) is 0 Å². The summed E-state index contributed by atoms with van der Waals surface area (Å²) in [6.07, 6.45) is 2.98. The van der Waals surface area contributed by atoms with E-state index in [1.807, 2.05) is 32.0 Å². The van der Waals surface area contributed by atoms with Gasteiger partial charge in [-0.3, -0.25) is 25.1 Å². The van der Waals surface area contributed by atoms with E-state index in [4.69, 9.17) is 4.74 Å². The average Bonchev–Trinajstić information content (AvgIpc) is 2.88. The van der Waals surface area contributed by atoms with E-state index in [0.29, 0.717) is 0 Å². The van der Waals surface area contributed by atoms with Crippen molar-refractivity contribution in [2.75, 3.05) is 7.11 Å². The average molecular weight is 328 g/mol. The number of benzene rings is 1. The lowest BCUT2D eigenvalue weighted by Gasteiger charge is -2.06. The first-order valence-electron chi connectivity index (χ1n) is 7.40. The van der Waals surface area contributed by atoms with Gasteiger partial charge in [-0.2, -0.15) is 5.10 Å². The molecule has 1 heterocycles. The van der Waals surface area contributed by atoms with Crippen LogP contribution in [-0.4, -0.2) is 28.7 Å². The number of aromatic nitrogens is 2. The highest BCUT2D eigenvalue weighted by atomic mass is 16.5. The molecule has 0 aliphatic carbocycles. The summed E-state index contributed by atoms with van der Waals surface area (Å²) < 4.78 is 6.63. The molecule has 0 saturated heterocycles. The Morgan fingerprint density at radius 2 is 1.92 bits per heavy atom. The van der Waals surface area contributed by atoms with Crippen LogP contribution >= 0.6 is 0 Å². The molecule has 0 aliphatic heterocycles. The molecule has 0 fully saturated rings. The largest absolute Gasteiger partial charge is 0.497 e. The molecule has 0 aliphatic rings. The first-order valence-corrected chi connectivity index (χ1v) is 7.40. The number of ether oxygens (including phenoxy) is 1. The van der Waals surface area contributed by atoms with Crippen LogP contribution in [0, 0.1) is 13.8 Å².